The first-order valence-corrected chi connectivity index (χ1v) is 4.29. The van der Waals surface area contributed by atoms with Crippen molar-refractivity contribution in [1.82, 2.24) is 0 Å². The van der Waals surface area contributed by atoms with E-state index in [2.05, 4.69) is 0 Å². The zero-order chi connectivity index (χ0) is 9.61. The third kappa shape index (κ3) is 5.47. The number of halogens is 4. The van der Waals surface area contributed by atoms with Gasteiger partial charge >= 0.3 is 6.18 Å². The van der Waals surface area contributed by atoms with Gasteiger partial charge in [0.2, 0.25) is 0 Å². The van der Waals surface area contributed by atoms with E-state index in [9.17, 15) is 13.2 Å². The first kappa shape index (κ1) is 11.8. The minimum absolute atomic E-state index is 0.409. The van der Waals surface area contributed by atoms with Crippen LogP contribution in [0.15, 0.2) is 11.1 Å². The summed E-state index contributed by atoms with van der Waals surface area (Å²) < 4.78 is 35.3. The van der Waals surface area contributed by atoms with Gasteiger partial charge in [-0.25, -0.2) is 0 Å². The molecule has 0 rings (SSSR count). The minimum atomic E-state index is -4.37. The average Bonchev–Trinajstić information content (AvgIpc) is 1.96. The fourth-order valence-corrected chi connectivity index (χ4v) is 0.848. The van der Waals surface area contributed by atoms with Crippen molar-refractivity contribution in [3.63, 3.8) is 0 Å². The summed E-state index contributed by atoms with van der Waals surface area (Å²) in [5.74, 6) is 0. The molecule has 0 aliphatic carbocycles. The van der Waals surface area contributed by atoms with Gasteiger partial charge in [0.25, 0.3) is 0 Å². The first-order chi connectivity index (χ1) is 5.48. The average molecular weight is 201 g/mol. The molecular formula is C8H12ClF3. The maximum Gasteiger partial charge on any atom is 0.426 e. The quantitative estimate of drug-likeness (QED) is 0.595. The van der Waals surface area contributed by atoms with E-state index < -0.39 is 11.2 Å². The summed E-state index contributed by atoms with van der Waals surface area (Å²) in [6.45, 7) is 2.00. The molecule has 0 fully saturated rings. The van der Waals surface area contributed by atoms with Gasteiger partial charge in [-0.15, -0.1) is 0 Å². The molecule has 0 heterocycles. The van der Waals surface area contributed by atoms with Crippen LogP contribution in [0.3, 0.4) is 0 Å². The molecule has 0 saturated heterocycles. The molecule has 4 heteroatoms. The maximum atomic E-state index is 11.8. The van der Waals surface area contributed by atoms with Crippen LogP contribution < -0.4 is 0 Å². The van der Waals surface area contributed by atoms with Crippen LogP contribution in [0.5, 0.6) is 0 Å². The van der Waals surface area contributed by atoms with Gasteiger partial charge in [-0.3, -0.25) is 0 Å². The molecule has 0 amide bonds. The Balaban J connectivity index is 3.70. The Labute approximate surface area is 75.4 Å². The first-order valence-electron chi connectivity index (χ1n) is 3.91. The van der Waals surface area contributed by atoms with Crippen LogP contribution in [-0.4, -0.2) is 6.18 Å². The van der Waals surface area contributed by atoms with Gasteiger partial charge in [0.05, 0.1) is 0 Å². The van der Waals surface area contributed by atoms with Gasteiger partial charge in [0.15, 0.2) is 0 Å². The molecule has 0 N–H and O–H groups in total. The number of hydrogen-bond acceptors (Lipinski definition) is 0. The summed E-state index contributed by atoms with van der Waals surface area (Å²) >= 11 is 4.97. The smallest absolute Gasteiger partial charge is 0.165 e. The number of rotatable bonds is 4. The van der Waals surface area contributed by atoms with Crippen LogP contribution in [0.25, 0.3) is 0 Å². The lowest BCUT2D eigenvalue weighted by atomic mass is 10.2. The zero-order valence-corrected chi connectivity index (χ0v) is 7.67. The maximum absolute atomic E-state index is 11.8. The van der Waals surface area contributed by atoms with Crippen LogP contribution >= 0.6 is 11.6 Å². The molecule has 0 bridgehead atoms. The normalized spacial score (nSPS) is 13.6. The Kier molecular flexibility index (Phi) is 5.38. The number of allylic oxidation sites excluding steroid dienone is 2. The Bertz CT molecular complexity index is 149. The molecule has 0 aromatic heterocycles. The highest BCUT2D eigenvalue weighted by molar-refractivity contribution is 6.30. The molecule has 0 aromatic carbocycles. The van der Waals surface area contributed by atoms with E-state index in [-0.39, 0.29) is 0 Å². The second-order valence-electron chi connectivity index (χ2n) is 2.55. The van der Waals surface area contributed by atoms with Crippen LogP contribution in [-0.2, 0) is 0 Å². The van der Waals surface area contributed by atoms with Crippen molar-refractivity contribution in [3.05, 3.63) is 11.1 Å². The van der Waals surface area contributed by atoms with Gasteiger partial charge in [-0.2, -0.15) is 13.2 Å². The lowest BCUT2D eigenvalue weighted by Crippen LogP contribution is -2.06. The fraction of sp³-hybridized carbons (Fsp3) is 0.750. The molecule has 12 heavy (non-hydrogen) atoms. The fourth-order valence-electron chi connectivity index (χ4n) is 0.739. The minimum Gasteiger partial charge on any atom is -0.165 e. The predicted octanol–water partition coefficient (Wildman–Crippen LogP) is 4.25. The van der Waals surface area contributed by atoms with E-state index in [0.29, 0.717) is 6.42 Å². The second kappa shape index (κ2) is 5.46. The van der Waals surface area contributed by atoms with Crippen LogP contribution in [0, 0.1) is 0 Å². The van der Waals surface area contributed by atoms with Crippen LogP contribution in [0.1, 0.15) is 32.6 Å². The predicted molar refractivity (Wildman–Crippen MR) is 44.1 cm³/mol. The van der Waals surface area contributed by atoms with E-state index in [4.69, 9.17) is 11.6 Å². The summed E-state index contributed by atoms with van der Waals surface area (Å²) in [4.78, 5) is 0. The number of unbranched alkanes of at least 4 members (excludes halogenated alkanes) is 3. The van der Waals surface area contributed by atoms with Gasteiger partial charge in [-0.05, 0) is 12.8 Å². The Morgan fingerprint density at radius 2 is 1.92 bits per heavy atom. The Hall–Kier alpha value is -0.180. The molecule has 0 saturated carbocycles. The standard InChI is InChI=1S/C8H12ClF3/c1-2-3-4-5-6-7(9)8(10,11)12/h6H,2-5H2,1H3. The molecule has 0 spiro atoms. The lowest BCUT2D eigenvalue weighted by Gasteiger charge is -2.03. The van der Waals surface area contributed by atoms with Gasteiger partial charge in [-0.1, -0.05) is 37.4 Å². The van der Waals surface area contributed by atoms with E-state index in [1.165, 1.54) is 0 Å². The molecule has 0 aromatic rings. The Morgan fingerprint density at radius 3 is 2.33 bits per heavy atom. The summed E-state index contributed by atoms with van der Waals surface area (Å²) in [6.07, 6.45) is -0.212. The van der Waals surface area contributed by atoms with Crippen molar-refractivity contribution < 1.29 is 13.2 Å². The molecule has 72 valence electrons. The van der Waals surface area contributed by atoms with Gasteiger partial charge in [0.1, 0.15) is 5.03 Å². The molecule has 0 aliphatic heterocycles. The summed E-state index contributed by atoms with van der Waals surface area (Å²) in [5.41, 5.74) is 0. The summed E-state index contributed by atoms with van der Waals surface area (Å²) in [5, 5.41) is -1.00. The van der Waals surface area contributed by atoms with Crippen molar-refractivity contribution in [2.24, 2.45) is 0 Å². The molecule has 0 unspecified atom stereocenters. The molecule has 0 nitrogen and oxygen atoms in total. The summed E-state index contributed by atoms with van der Waals surface area (Å²) in [7, 11) is 0. The van der Waals surface area contributed by atoms with Crippen molar-refractivity contribution in [2.75, 3.05) is 0 Å². The van der Waals surface area contributed by atoms with Crippen LogP contribution in [0.4, 0.5) is 13.2 Å². The second-order valence-corrected chi connectivity index (χ2v) is 2.95. The Morgan fingerprint density at radius 1 is 1.33 bits per heavy atom. The monoisotopic (exact) mass is 200 g/mol. The number of alkyl halides is 3. The molecular weight excluding hydrogens is 189 g/mol. The highest BCUT2D eigenvalue weighted by atomic mass is 35.5. The molecule has 0 radical (unpaired) electrons. The third-order valence-corrected chi connectivity index (χ3v) is 1.77. The van der Waals surface area contributed by atoms with E-state index in [1.807, 2.05) is 6.92 Å². The van der Waals surface area contributed by atoms with Crippen molar-refractivity contribution >= 4 is 11.6 Å². The van der Waals surface area contributed by atoms with Crippen molar-refractivity contribution in [3.8, 4) is 0 Å². The third-order valence-electron chi connectivity index (χ3n) is 1.40. The van der Waals surface area contributed by atoms with Gasteiger partial charge in [0, 0.05) is 0 Å². The van der Waals surface area contributed by atoms with E-state index in [1.54, 1.807) is 0 Å². The van der Waals surface area contributed by atoms with E-state index in [0.717, 1.165) is 25.3 Å². The van der Waals surface area contributed by atoms with E-state index >= 15 is 0 Å². The SMILES string of the molecule is CCCCCC=C(Cl)C(F)(F)F. The highest BCUT2D eigenvalue weighted by Gasteiger charge is 2.31. The van der Waals surface area contributed by atoms with Gasteiger partial charge < -0.3 is 0 Å². The molecule has 0 atom stereocenters. The zero-order valence-electron chi connectivity index (χ0n) is 6.92. The topological polar surface area (TPSA) is 0 Å². The largest absolute Gasteiger partial charge is 0.426 e. The summed E-state index contributed by atoms with van der Waals surface area (Å²) in [6, 6.07) is 0. The number of hydrogen-bond donors (Lipinski definition) is 0. The highest BCUT2D eigenvalue weighted by Crippen LogP contribution is 2.28. The lowest BCUT2D eigenvalue weighted by molar-refractivity contribution is -0.0847. The van der Waals surface area contributed by atoms with Crippen molar-refractivity contribution in [2.45, 2.75) is 38.8 Å². The van der Waals surface area contributed by atoms with Crippen molar-refractivity contribution in [1.29, 1.82) is 0 Å². The van der Waals surface area contributed by atoms with Crippen LogP contribution in [0.2, 0.25) is 0 Å². The molecule has 0 aliphatic rings.